The molecule has 326 valence electrons. The zero-order valence-electron chi connectivity index (χ0n) is 40.2. The molecule has 0 N–H and O–H groups in total. The van der Waals surface area contributed by atoms with Crippen molar-refractivity contribution in [2.45, 2.75) is 66.4 Å². The second-order valence-corrected chi connectivity index (χ2v) is 21.2. The molecule has 0 aliphatic heterocycles. The predicted molar refractivity (Wildman–Crippen MR) is 271 cm³/mol. The number of aromatic nitrogens is 3. The Morgan fingerprint density at radius 1 is 0.677 bits per heavy atom. The van der Waals surface area contributed by atoms with Gasteiger partial charge in [-0.2, -0.15) is 0 Å². The fraction of sp³-hybridized carbons (Fsp3) is 0.186. The number of benzene rings is 7. The molecular weight excluding hydrogens is 987 g/mol. The molecule has 10 rings (SSSR count). The van der Waals surface area contributed by atoms with E-state index in [2.05, 4.69) is 165 Å². The summed E-state index contributed by atoms with van der Waals surface area (Å²) in [5.74, 6) is 0.800. The maximum absolute atomic E-state index is 8.66. The van der Waals surface area contributed by atoms with Crippen LogP contribution in [-0.4, -0.2) is 23.3 Å². The van der Waals surface area contributed by atoms with Crippen molar-refractivity contribution in [3.05, 3.63) is 193 Å². The molecule has 0 saturated carbocycles. The van der Waals surface area contributed by atoms with E-state index in [-0.39, 0.29) is 25.5 Å². The number of imidazole rings is 1. The van der Waals surface area contributed by atoms with Gasteiger partial charge in [-0.05, 0) is 75.1 Å². The summed E-state index contributed by atoms with van der Waals surface area (Å²) in [5.41, 5.74) is 13.3. The molecule has 0 saturated heterocycles. The first-order valence-corrected chi connectivity index (χ1v) is 24.5. The van der Waals surface area contributed by atoms with E-state index in [1.165, 1.54) is 5.56 Å². The van der Waals surface area contributed by atoms with Crippen LogP contribution in [0.15, 0.2) is 174 Å². The molecule has 3 heterocycles. The maximum Gasteiger partial charge on any atom is 0.120 e. The molecule has 0 aliphatic rings. The topological polar surface area (TPSA) is 43.9 Å². The molecule has 0 spiro atoms. The number of para-hydroxylation sites is 3. The van der Waals surface area contributed by atoms with Gasteiger partial charge in [0.05, 0.1) is 36.9 Å². The number of rotatable bonds is 7. The number of nitrogens with zero attached hydrogens (tertiary/aromatic N) is 3. The molecule has 7 aromatic carbocycles. The van der Waals surface area contributed by atoms with E-state index in [0.717, 1.165) is 94.3 Å². The Morgan fingerprint density at radius 3 is 1.94 bits per heavy atom. The van der Waals surface area contributed by atoms with Crippen molar-refractivity contribution >= 4 is 47.0 Å². The molecule has 10 aromatic rings. The quantitative estimate of drug-likeness (QED) is 0.118. The van der Waals surface area contributed by atoms with Gasteiger partial charge in [0, 0.05) is 45.6 Å². The van der Waals surface area contributed by atoms with Crippen LogP contribution in [0, 0.1) is 17.5 Å². The van der Waals surface area contributed by atoms with E-state index in [9.17, 15) is 0 Å². The average molecular weight is 1040 g/mol. The average Bonchev–Trinajstić information content (AvgIpc) is 3.90. The SMILES string of the molecule is CC(C)(C)c1cc(-c2ccccc2)c(-n2c(-c3[c-]ccc4c3oc3ccccc34)nc3ccccc32)c(-c2ccccc2)c1.[2H]C([2H])(c1cc(-c2[c-]cccc2)ncc1[Si](C)C)C(C)(C)C.[Ir]. The summed E-state index contributed by atoms with van der Waals surface area (Å²) in [5, 5.41) is 3.22. The van der Waals surface area contributed by atoms with Gasteiger partial charge in [-0.15, -0.1) is 54.1 Å². The van der Waals surface area contributed by atoms with Gasteiger partial charge in [0.1, 0.15) is 5.58 Å². The molecule has 2 radical (unpaired) electrons. The predicted octanol–water partition coefficient (Wildman–Crippen LogP) is 15.1. The molecular formula is C59H54IrN3OSi-2. The van der Waals surface area contributed by atoms with E-state index in [4.69, 9.17) is 12.1 Å². The smallest absolute Gasteiger partial charge is 0.120 e. The summed E-state index contributed by atoms with van der Waals surface area (Å²) >= 11 is 0. The first-order valence-electron chi connectivity index (χ1n) is 23.0. The van der Waals surface area contributed by atoms with Crippen LogP contribution in [-0.2, 0) is 31.9 Å². The van der Waals surface area contributed by atoms with E-state index < -0.39 is 20.6 Å². The zero-order chi connectivity index (χ0) is 46.4. The van der Waals surface area contributed by atoms with Crippen molar-refractivity contribution in [2.24, 2.45) is 5.41 Å². The van der Waals surface area contributed by atoms with Crippen LogP contribution in [0.3, 0.4) is 0 Å². The van der Waals surface area contributed by atoms with E-state index >= 15 is 0 Å². The number of fused-ring (bicyclic) bond motifs is 4. The summed E-state index contributed by atoms with van der Waals surface area (Å²) in [4.78, 5) is 9.85. The fourth-order valence-electron chi connectivity index (χ4n) is 8.32. The Hall–Kier alpha value is -6.17. The second-order valence-electron chi connectivity index (χ2n) is 18.6. The maximum atomic E-state index is 8.66. The molecule has 65 heavy (non-hydrogen) atoms. The molecule has 0 unspecified atom stereocenters. The van der Waals surface area contributed by atoms with Gasteiger partial charge in [-0.25, -0.2) is 0 Å². The van der Waals surface area contributed by atoms with Crippen LogP contribution in [0.2, 0.25) is 13.1 Å². The first-order chi connectivity index (χ1) is 31.6. The van der Waals surface area contributed by atoms with Crippen LogP contribution in [0.5, 0.6) is 0 Å². The minimum absolute atomic E-state index is 0. The van der Waals surface area contributed by atoms with Gasteiger partial charge in [0.2, 0.25) is 0 Å². The van der Waals surface area contributed by atoms with Gasteiger partial charge < -0.3 is 14.0 Å². The second kappa shape index (κ2) is 18.7. The Labute approximate surface area is 402 Å². The minimum Gasteiger partial charge on any atom is -0.501 e. The Morgan fingerprint density at radius 2 is 1.31 bits per heavy atom. The minimum atomic E-state index is -1.41. The van der Waals surface area contributed by atoms with Crippen molar-refractivity contribution in [3.63, 3.8) is 0 Å². The van der Waals surface area contributed by atoms with Gasteiger partial charge in [-0.3, -0.25) is 4.98 Å². The molecule has 4 nitrogen and oxygen atoms in total. The molecule has 0 bridgehead atoms. The van der Waals surface area contributed by atoms with Crippen molar-refractivity contribution in [3.8, 4) is 50.6 Å². The van der Waals surface area contributed by atoms with E-state index in [1.54, 1.807) is 0 Å². The molecule has 0 atom stereocenters. The van der Waals surface area contributed by atoms with Crippen molar-refractivity contribution in [1.29, 1.82) is 0 Å². The summed E-state index contributed by atoms with van der Waals surface area (Å²) in [6.07, 6.45) is 0.458. The van der Waals surface area contributed by atoms with Gasteiger partial charge >= 0.3 is 0 Å². The number of hydrogen-bond donors (Lipinski definition) is 0. The number of furan rings is 1. The number of hydrogen-bond acceptors (Lipinski definition) is 3. The van der Waals surface area contributed by atoms with Gasteiger partial charge in [0.25, 0.3) is 0 Å². The van der Waals surface area contributed by atoms with E-state index in [0.29, 0.717) is 0 Å². The fourth-order valence-corrected chi connectivity index (χ4v) is 9.32. The molecule has 0 fully saturated rings. The van der Waals surface area contributed by atoms with Gasteiger partial charge in [0.15, 0.2) is 0 Å². The van der Waals surface area contributed by atoms with Crippen molar-refractivity contribution in [2.75, 3.05) is 0 Å². The third kappa shape index (κ3) is 9.49. The summed E-state index contributed by atoms with van der Waals surface area (Å²) in [7, 11) is -0.794. The van der Waals surface area contributed by atoms with Crippen LogP contribution >= 0.6 is 0 Å². The molecule has 3 aromatic heterocycles. The van der Waals surface area contributed by atoms with Crippen molar-refractivity contribution < 1.29 is 27.3 Å². The summed E-state index contributed by atoms with van der Waals surface area (Å²) < 4.78 is 26.2. The largest absolute Gasteiger partial charge is 0.501 e. The normalized spacial score (nSPS) is 12.4. The standard InChI is InChI=1S/C41H31N2O.C18H23NSi.Ir/c1-41(2,3)29-25-33(27-15-6-4-7-16-27)38(34(26-29)28-17-8-5-9-18-28)43-36-23-12-11-22-35(36)42-40(43)32-21-14-20-31-30-19-10-13-24-37(30)44-39(31)32;1-18(2,3)12-15-11-16(14-9-7-6-8-10-14)19-13-17(15)20(4)5;/h4-20,22-26H,1-3H3;6-9,11,13H,12H2,1-5H3;/q2*-1;/i;12D2;. The molecule has 0 aliphatic carbocycles. The van der Waals surface area contributed by atoms with Crippen molar-refractivity contribution in [1.82, 2.24) is 14.5 Å². The number of pyridine rings is 1. The first kappa shape index (κ1) is 42.8. The molecule has 6 heteroatoms. The van der Waals surface area contributed by atoms with E-state index in [1.807, 2.05) is 81.6 Å². The third-order valence-corrected chi connectivity index (χ3v) is 12.9. The Bertz CT molecular complexity index is 3270. The molecule has 0 amide bonds. The van der Waals surface area contributed by atoms with Crippen LogP contribution in [0.4, 0.5) is 0 Å². The Kier molecular flexibility index (Phi) is 12.3. The summed E-state index contributed by atoms with van der Waals surface area (Å²) in [6.45, 7) is 17.0. The van der Waals surface area contributed by atoms with Crippen LogP contribution in [0.1, 0.15) is 55.4 Å². The van der Waals surface area contributed by atoms with Crippen LogP contribution < -0.4 is 5.19 Å². The third-order valence-electron chi connectivity index (χ3n) is 11.4. The summed E-state index contributed by atoms with van der Waals surface area (Å²) in [6, 6.07) is 63.1. The van der Waals surface area contributed by atoms with Crippen LogP contribution in [0.25, 0.3) is 83.6 Å². The van der Waals surface area contributed by atoms with Gasteiger partial charge in [-0.1, -0.05) is 168 Å². The zero-order valence-corrected chi connectivity index (χ0v) is 41.6. The Balaban J connectivity index is 0.000000224. The monoisotopic (exact) mass is 1040 g/mol.